The van der Waals surface area contributed by atoms with Crippen molar-refractivity contribution in [3.63, 3.8) is 0 Å². The fourth-order valence-corrected chi connectivity index (χ4v) is 3.50. The molecule has 0 spiro atoms. The standard InChI is InChI=1S/C20H21N5O2/c1-20(2)9-8-16-13(11-20)10-15(17(26)22-16)18(27)23-19-24-21-12-25(19)14-6-4-3-5-7-14/h3-7,10,12H,8-9,11H2,1-2H3,(H,22,26)(H,23,24,27). The number of nitrogens with one attached hydrogen (secondary N) is 2. The molecule has 7 heteroatoms. The Morgan fingerprint density at radius 1 is 1.26 bits per heavy atom. The van der Waals surface area contributed by atoms with Crippen LogP contribution in [0, 0.1) is 5.41 Å². The number of carbonyl (C=O) groups is 1. The molecule has 0 saturated heterocycles. The predicted octanol–water partition coefficient (Wildman–Crippen LogP) is 2.72. The minimum Gasteiger partial charge on any atom is -0.325 e. The molecule has 0 saturated carbocycles. The van der Waals surface area contributed by atoms with Gasteiger partial charge in [-0.2, -0.15) is 0 Å². The summed E-state index contributed by atoms with van der Waals surface area (Å²) in [6.07, 6.45) is 4.19. The number of fused-ring (bicyclic) bond motifs is 1. The lowest BCUT2D eigenvalue weighted by Crippen LogP contribution is -2.30. The van der Waals surface area contributed by atoms with E-state index in [0.717, 1.165) is 36.2 Å². The van der Waals surface area contributed by atoms with E-state index in [1.54, 1.807) is 10.6 Å². The molecule has 138 valence electrons. The summed E-state index contributed by atoms with van der Waals surface area (Å²) >= 11 is 0. The van der Waals surface area contributed by atoms with Crippen LogP contribution >= 0.6 is 0 Å². The summed E-state index contributed by atoms with van der Waals surface area (Å²) in [4.78, 5) is 28.1. The summed E-state index contributed by atoms with van der Waals surface area (Å²) in [5.74, 6) is -0.226. The van der Waals surface area contributed by atoms with Crippen molar-refractivity contribution in [2.75, 3.05) is 5.32 Å². The van der Waals surface area contributed by atoms with Crippen LogP contribution in [0.1, 0.15) is 41.9 Å². The predicted molar refractivity (Wildman–Crippen MR) is 102 cm³/mol. The van der Waals surface area contributed by atoms with E-state index in [1.165, 1.54) is 6.33 Å². The van der Waals surface area contributed by atoms with E-state index < -0.39 is 5.91 Å². The fraction of sp³-hybridized carbons (Fsp3) is 0.300. The first-order chi connectivity index (χ1) is 12.9. The van der Waals surface area contributed by atoms with Gasteiger partial charge in [0.2, 0.25) is 5.95 Å². The molecule has 2 aromatic heterocycles. The number of pyridine rings is 1. The largest absolute Gasteiger partial charge is 0.325 e. The Kier molecular flexibility index (Phi) is 4.14. The van der Waals surface area contributed by atoms with Crippen molar-refractivity contribution in [3.05, 3.63) is 69.9 Å². The van der Waals surface area contributed by atoms with Crippen LogP contribution in [0.25, 0.3) is 5.69 Å². The monoisotopic (exact) mass is 363 g/mol. The third-order valence-electron chi connectivity index (χ3n) is 4.99. The average molecular weight is 363 g/mol. The highest BCUT2D eigenvalue weighted by atomic mass is 16.2. The zero-order valence-corrected chi connectivity index (χ0v) is 15.3. The Balaban J connectivity index is 1.64. The number of benzene rings is 1. The fourth-order valence-electron chi connectivity index (χ4n) is 3.50. The number of hydrogen-bond donors (Lipinski definition) is 2. The number of hydrogen-bond acceptors (Lipinski definition) is 4. The second-order valence-electron chi connectivity index (χ2n) is 7.67. The Hall–Kier alpha value is -3.22. The van der Waals surface area contributed by atoms with Gasteiger partial charge in [0, 0.05) is 5.69 Å². The molecule has 0 atom stereocenters. The van der Waals surface area contributed by atoms with Crippen molar-refractivity contribution < 1.29 is 4.79 Å². The summed E-state index contributed by atoms with van der Waals surface area (Å²) in [7, 11) is 0. The van der Waals surface area contributed by atoms with Crippen LogP contribution in [0.4, 0.5) is 5.95 Å². The first-order valence-electron chi connectivity index (χ1n) is 8.95. The Morgan fingerprint density at radius 3 is 2.81 bits per heavy atom. The highest BCUT2D eigenvalue weighted by Crippen LogP contribution is 2.33. The van der Waals surface area contributed by atoms with Crippen molar-refractivity contribution in [1.82, 2.24) is 19.7 Å². The lowest BCUT2D eigenvalue weighted by molar-refractivity contribution is 0.102. The number of amides is 1. The summed E-state index contributed by atoms with van der Waals surface area (Å²) in [5, 5.41) is 10.5. The van der Waals surface area contributed by atoms with Gasteiger partial charge in [0.25, 0.3) is 11.5 Å². The third kappa shape index (κ3) is 3.40. The molecule has 0 fully saturated rings. The maximum Gasteiger partial charge on any atom is 0.263 e. The zero-order chi connectivity index (χ0) is 19.0. The summed E-state index contributed by atoms with van der Waals surface area (Å²) in [6.45, 7) is 4.40. The molecule has 0 aliphatic heterocycles. The first-order valence-corrected chi connectivity index (χ1v) is 8.95. The molecule has 1 aliphatic rings. The van der Waals surface area contributed by atoms with E-state index >= 15 is 0 Å². The summed E-state index contributed by atoms with van der Waals surface area (Å²) in [6, 6.07) is 11.2. The number of rotatable bonds is 3. The quantitative estimate of drug-likeness (QED) is 0.748. The Labute approximate surface area is 156 Å². The van der Waals surface area contributed by atoms with E-state index in [2.05, 4.69) is 34.3 Å². The second kappa shape index (κ2) is 6.50. The molecule has 1 aromatic carbocycles. The lowest BCUT2D eigenvalue weighted by Gasteiger charge is -2.31. The topological polar surface area (TPSA) is 92.7 Å². The molecule has 1 amide bonds. The van der Waals surface area contributed by atoms with Crippen molar-refractivity contribution in [1.29, 1.82) is 0 Å². The third-order valence-corrected chi connectivity index (χ3v) is 4.99. The normalized spacial score (nSPS) is 15.2. The van der Waals surface area contributed by atoms with Gasteiger partial charge in [-0.3, -0.25) is 19.5 Å². The molecule has 2 N–H and O–H groups in total. The Morgan fingerprint density at radius 2 is 2.04 bits per heavy atom. The van der Waals surface area contributed by atoms with Gasteiger partial charge in [-0.1, -0.05) is 32.0 Å². The molecule has 0 radical (unpaired) electrons. The number of anilines is 1. The average Bonchev–Trinajstić information content (AvgIpc) is 3.10. The lowest BCUT2D eigenvalue weighted by atomic mass is 9.76. The molecule has 0 unspecified atom stereocenters. The van der Waals surface area contributed by atoms with Gasteiger partial charge in [-0.15, -0.1) is 10.2 Å². The van der Waals surface area contributed by atoms with Crippen LogP contribution < -0.4 is 10.9 Å². The molecular weight excluding hydrogens is 342 g/mol. The van der Waals surface area contributed by atoms with Crippen molar-refractivity contribution >= 4 is 11.9 Å². The van der Waals surface area contributed by atoms with E-state index in [4.69, 9.17) is 0 Å². The number of carbonyl (C=O) groups excluding carboxylic acids is 1. The minimum absolute atomic E-state index is 0.0917. The summed E-state index contributed by atoms with van der Waals surface area (Å²) in [5.41, 5.74) is 2.65. The first kappa shape index (κ1) is 17.2. The van der Waals surface area contributed by atoms with Gasteiger partial charge < -0.3 is 4.98 Å². The minimum atomic E-state index is -0.493. The molecule has 27 heavy (non-hydrogen) atoms. The van der Waals surface area contributed by atoms with Crippen LogP contribution in [0.3, 0.4) is 0 Å². The number of aromatic nitrogens is 4. The van der Waals surface area contributed by atoms with Crippen molar-refractivity contribution in [2.24, 2.45) is 5.41 Å². The van der Waals surface area contributed by atoms with Crippen LogP contribution in [-0.4, -0.2) is 25.7 Å². The molecule has 4 rings (SSSR count). The van der Waals surface area contributed by atoms with Gasteiger partial charge >= 0.3 is 0 Å². The summed E-state index contributed by atoms with van der Waals surface area (Å²) < 4.78 is 1.66. The highest BCUT2D eigenvalue weighted by molar-refractivity contribution is 6.03. The number of para-hydroxylation sites is 1. The molecule has 7 nitrogen and oxygen atoms in total. The number of nitrogens with zero attached hydrogens (tertiary/aromatic N) is 3. The number of aryl methyl sites for hydroxylation is 1. The smallest absolute Gasteiger partial charge is 0.263 e. The maximum absolute atomic E-state index is 12.8. The Bertz CT molecular complexity index is 1050. The van der Waals surface area contributed by atoms with Gasteiger partial charge in [0.1, 0.15) is 11.9 Å². The molecule has 2 heterocycles. The van der Waals surface area contributed by atoms with Gasteiger partial charge in [-0.25, -0.2) is 0 Å². The highest BCUT2D eigenvalue weighted by Gasteiger charge is 2.27. The van der Waals surface area contributed by atoms with E-state index in [-0.39, 0.29) is 22.5 Å². The van der Waals surface area contributed by atoms with E-state index in [1.807, 2.05) is 30.3 Å². The maximum atomic E-state index is 12.8. The van der Waals surface area contributed by atoms with Gasteiger partial charge in [0.05, 0.1) is 5.69 Å². The molecule has 1 aliphatic carbocycles. The van der Waals surface area contributed by atoms with E-state index in [9.17, 15) is 9.59 Å². The van der Waals surface area contributed by atoms with Crippen LogP contribution in [-0.2, 0) is 12.8 Å². The van der Waals surface area contributed by atoms with Crippen molar-refractivity contribution in [2.45, 2.75) is 33.1 Å². The van der Waals surface area contributed by atoms with Crippen molar-refractivity contribution in [3.8, 4) is 5.69 Å². The molecule has 3 aromatic rings. The van der Waals surface area contributed by atoms with Gasteiger partial charge in [0.15, 0.2) is 0 Å². The molecular formula is C20H21N5O2. The zero-order valence-electron chi connectivity index (χ0n) is 15.3. The van der Waals surface area contributed by atoms with Gasteiger partial charge in [-0.05, 0) is 48.4 Å². The second-order valence-corrected chi connectivity index (χ2v) is 7.67. The van der Waals surface area contributed by atoms with Crippen LogP contribution in [0.5, 0.6) is 0 Å². The number of aromatic amines is 1. The van der Waals surface area contributed by atoms with E-state index in [0.29, 0.717) is 0 Å². The molecule has 0 bridgehead atoms. The SMILES string of the molecule is CC1(C)CCc2[nH]c(=O)c(C(=O)Nc3nncn3-c3ccccc3)cc2C1. The number of H-pyrrole nitrogens is 1. The van der Waals surface area contributed by atoms with Crippen LogP contribution in [0.2, 0.25) is 0 Å². The van der Waals surface area contributed by atoms with Crippen LogP contribution in [0.15, 0.2) is 47.5 Å².